The molecule has 0 bridgehead atoms. The minimum Gasteiger partial charge on any atom is -0.368 e. The summed E-state index contributed by atoms with van der Waals surface area (Å²) in [7, 11) is 0. The number of nitrogen functional groups attached to an aromatic ring is 1. The molecule has 0 radical (unpaired) electrons. The number of hydrogen-bond acceptors (Lipinski definition) is 4. The molecule has 1 aliphatic rings. The SMILES string of the molecule is CC(Nc1nc(N)ncc1F)C1CC1. The molecule has 0 spiro atoms. The van der Waals surface area contributed by atoms with E-state index in [1.54, 1.807) is 0 Å². The Hall–Kier alpha value is -1.39. The van der Waals surface area contributed by atoms with E-state index in [1.165, 1.54) is 12.8 Å². The van der Waals surface area contributed by atoms with Crippen LogP contribution in [0.3, 0.4) is 0 Å². The van der Waals surface area contributed by atoms with E-state index in [4.69, 9.17) is 5.73 Å². The van der Waals surface area contributed by atoms with E-state index in [1.807, 2.05) is 6.92 Å². The summed E-state index contributed by atoms with van der Waals surface area (Å²) in [5.74, 6) is 0.492. The smallest absolute Gasteiger partial charge is 0.222 e. The van der Waals surface area contributed by atoms with Gasteiger partial charge in [0.15, 0.2) is 11.6 Å². The lowest BCUT2D eigenvalue weighted by Gasteiger charge is -2.13. The molecule has 0 amide bonds. The maximum Gasteiger partial charge on any atom is 0.222 e. The second-order valence-corrected chi connectivity index (χ2v) is 3.70. The van der Waals surface area contributed by atoms with Crippen LogP contribution in [-0.2, 0) is 0 Å². The van der Waals surface area contributed by atoms with Gasteiger partial charge in [-0.05, 0) is 25.7 Å². The summed E-state index contributed by atoms with van der Waals surface area (Å²) >= 11 is 0. The summed E-state index contributed by atoms with van der Waals surface area (Å²) in [6.07, 6.45) is 3.50. The predicted octanol–water partition coefficient (Wildman–Crippen LogP) is 1.41. The molecule has 3 N–H and O–H groups in total. The van der Waals surface area contributed by atoms with Crippen molar-refractivity contribution in [3.05, 3.63) is 12.0 Å². The molecule has 1 aliphatic carbocycles. The Morgan fingerprint density at radius 3 is 3.00 bits per heavy atom. The van der Waals surface area contributed by atoms with Crippen LogP contribution in [0.15, 0.2) is 6.20 Å². The lowest BCUT2D eigenvalue weighted by Crippen LogP contribution is -2.19. The van der Waals surface area contributed by atoms with Gasteiger partial charge in [0.05, 0.1) is 6.20 Å². The monoisotopic (exact) mass is 196 g/mol. The third kappa shape index (κ3) is 1.92. The standard InChI is InChI=1S/C9H13FN4/c1-5(6-2-3-6)13-8-7(10)4-12-9(11)14-8/h4-6H,2-3H2,1H3,(H3,11,12,13,14). The average molecular weight is 196 g/mol. The van der Waals surface area contributed by atoms with Crippen LogP contribution >= 0.6 is 0 Å². The van der Waals surface area contributed by atoms with Crippen molar-refractivity contribution in [3.8, 4) is 0 Å². The molecule has 0 saturated heterocycles. The fourth-order valence-electron chi connectivity index (χ4n) is 1.41. The van der Waals surface area contributed by atoms with E-state index in [0.717, 1.165) is 6.20 Å². The van der Waals surface area contributed by atoms with Gasteiger partial charge in [-0.2, -0.15) is 4.98 Å². The predicted molar refractivity (Wildman–Crippen MR) is 52.2 cm³/mol. The lowest BCUT2D eigenvalue weighted by atomic mass is 10.2. The second-order valence-electron chi connectivity index (χ2n) is 3.70. The van der Waals surface area contributed by atoms with Gasteiger partial charge in [-0.3, -0.25) is 0 Å². The number of nitrogens with zero attached hydrogens (tertiary/aromatic N) is 2. The van der Waals surface area contributed by atoms with E-state index in [0.29, 0.717) is 5.92 Å². The van der Waals surface area contributed by atoms with Crippen molar-refractivity contribution in [2.24, 2.45) is 5.92 Å². The molecule has 1 aromatic rings. The number of anilines is 2. The van der Waals surface area contributed by atoms with E-state index in [9.17, 15) is 4.39 Å². The van der Waals surface area contributed by atoms with Crippen molar-refractivity contribution in [3.63, 3.8) is 0 Å². The molecule has 1 heterocycles. The molecule has 0 aliphatic heterocycles. The van der Waals surface area contributed by atoms with E-state index in [-0.39, 0.29) is 17.8 Å². The van der Waals surface area contributed by atoms with Crippen LogP contribution in [-0.4, -0.2) is 16.0 Å². The van der Waals surface area contributed by atoms with Gasteiger partial charge in [0.2, 0.25) is 5.95 Å². The highest BCUT2D eigenvalue weighted by molar-refractivity contribution is 5.40. The summed E-state index contributed by atoms with van der Waals surface area (Å²) in [6, 6.07) is 0.249. The number of aromatic nitrogens is 2. The van der Waals surface area contributed by atoms with Gasteiger partial charge < -0.3 is 11.1 Å². The molecule has 76 valence electrons. The maximum absolute atomic E-state index is 13.2. The number of halogens is 1. The largest absolute Gasteiger partial charge is 0.368 e. The molecule has 1 unspecified atom stereocenters. The van der Waals surface area contributed by atoms with Gasteiger partial charge in [-0.15, -0.1) is 0 Å². The van der Waals surface area contributed by atoms with Gasteiger partial charge in [-0.1, -0.05) is 0 Å². The topological polar surface area (TPSA) is 63.8 Å². The first kappa shape index (κ1) is 9.18. The number of rotatable bonds is 3. The zero-order valence-electron chi connectivity index (χ0n) is 8.00. The van der Waals surface area contributed by atoms with Gasteiger partial charge in [-0.25, -0.2) is 9.37 Å². The summed E-state index contributed by atoms with van der Waals surface area (Å²) < 4.78 is 13.2. The Morgan fingerprint density at radius 1 is 1.64 bits per heavy atom. The summed E-state index contributed by atoms with van der Waals surface area (Å²) in [6.45, 7) is 2.02. The van der Waals surface area contributed by atoms with Crippen LogP contribution < -0.4 is 11.1 Å². The molecule has 4 nitrogen and oxygen atoms in total. The van der Waals surface area contributed by atoms with E-state index < -0.39 is 5.82 Å². The highest BCUT2D eigenvalue weighted by Gasteiger charge is 2.28. The normalized spacial score (nSPS) is 17.9. The summed E-state index contributed by atoms with van der Waals surface area (Å²) in [5.41, 5.74) is 5.37. The van der Waals surface area contributed by atoms with Crippen LogP contribution in [0.5, 0.6) is 0 Å². The van der Waals surface area contributed by atoms with E-state index >= 15 is 0 Å². The van der Waals surface area contributed by atoms with Gasteiger partial charge in [0, 0.05) is 6.04 Å². The van der Waals surface area contributed by atoms with Crippen molar-refractivity contribution in [1.82, 2.24) is 9.97 Å². The fourth-order valence-corrected chi connectivity index (χ4v) is 1.41. The molecule has 14 heavy (non-hydrogen) atoms. The van der Waals surface area contributed by atoms with Crippen LogP contribution in [0.4, 0.5) is 16.2 Å². The zero-order valence-corrected chi connectivity index (χ0v) is 8.00. The van der Waals surface area contributed by atoms with Crippen molar-refractivity contribution in [1.29, 1.82) is 0 Å². The Balaban J connectivity index is 2.10. The number of nitrogens with one attached hydrogen (secondary N) is 1. The minimum atomic E-state index is -0.452. The van der Waals surface area contributed by atoms with Crippen LogP contribution in [0.25, 0.3) is 0 Å². The lowest BCUT2D eigenvalue weighted by molar-refractivity contribution is 0.606. The molecule has 1 aromatic heterocycles. The first-order valence-electron chi connectivity index (χ1n) is 4.71. The fraction of sp³-hybridized carbons (Fsp3) is 0.556. The third-order valence-electron chi connectivity index (χ3n) is 2.46. The van der Waals surface area contributed by atoms with Crippen molar-refractivity contribution >= 4 is 11.8 Å². The molecule has 0 aromatic carbocycles. The van der Waals surface area contributed by atoms with Crippen LogP contribution in [0, 0.1) is 11.7 Å². The molecule has 1 saturated carbocycles. The van der Waals surface area contributed by atoms with Crippen LogP contribution in [0.1, 0.15) is 19.8 Å². The Bertz CT molecular complexity index is 338. The first-order valence-corrected chi connectivity index (χ1v) is 4.71. The first-order chi connectivity index (χ1) is 6.66. The molecular formula is C9H13FN4. The summed E-state index contributed by atoms with van der Waals surface area (Å²) in [4.78, 5) is 7.36. The third-order valence-corrected chi connectivity index (χ3v) is 2.46. The average Bonchev–Trinajstić information content (AvgIpc) is 2.94. The Labute approximate surface area is 81.7 Å². The summed E-state index contributed by atoms with van der Waals surface area (Å²) in [5, 5.41) is 3.01. The van der Waals surface area contributed by atoms with Crippen molar-refractivity contribution in [2.75, 3.05) is 11.1 Å². The molecule has 1 atom stereocenters. The Kier molecular flexibility index (Phi) is 2.23. The minimum absolute atomic E-state index is 0.0943. The molecule has 5 heteroatoms. The highest BCUT2D eigenvalue weighted by atomic mass is 19.1. The van der Waals surface area contributed by atoms with Gasteiger partial charge in [0.25, 0.3) is 0 Å². The number of hydrogen-bond donors (Lipinski definition) is 2. The Morgan fingerprint density at radius 2 is 2.36 bits per heavy atom. The molecule has 1 fully saturated rings. The molecular weight excluding hydrogens is 183 g/mol. The maximum atomic E-state index is 13.2. The van der Waals surface area contributed by atoms with Crippen molar-refractivity contribution < 1.29 is 4.39 Å². The highest BCUT2D eigenvalue weighted by Crippen LogP contribution is 2.33. The quantitative estimate of drug-likeness (QED) is 0.767. The second kappa shape index (κ2) is 3.40. The van der Waals surface area contributed by atoms with Crippen LogP contribution in [0.2, 0.25) is 0 Å². The molecule has 2 rings (SSSR count). The van der Waals surface area contributed by atoms with Crippen molar-refractivity contribution in [2.45, 2.75) is 25.8 Å². The van der Waals surface area contributed by atoms with Gasteiger partial charge in [0.1, 0.15) is 0 Å². The number of nitrogens with two attached hydrogens (primary N) is 1. The van der Waals surface area contributed by atoms with Gasteiger partial charge >= 0.3 is 0 Å². The van der Waals surface area contributed by atoms with E-state index in [2.05, 4.69) is 15.3 Å². The zero-order chi connectivity index (χ0) is 10.1.